The quantitative estimate of drug-likeness (QED) is 0.523. The molecule has 0 unspecified atom stereocenters. The van der Waals surface area contributed by atoms with Gasteiger partial charge in [0.15, 0.2) is 23.0 Å². The van der Waals surface area contributed by atoms with Gasteiger partial charge >= 0.3 is 6.61 Å². The Hall–Kier alpha value is -3.82. The molecule has 1 N–H and O–H groups in total. The van der Waals surface area contributed by atoms with Crippen molar-refractivity contribution >= 4 is 23.6 Å². The fraction of sp³-hybridized carbons (Fsp3) is 0.333. The maximum absolute atomic E-state index is 12.6. The van der Waals surface area contributed by atoms with Crippen LogP contribution in [0.5, 0.6) is 23.0 Å². The molecule has 1 heterocycles. The van der Waals surface area contributed by atoms with Crippen molar-refractivity contribution in [2.75, 3.05) is 38.2 Å². The molecule has 2 amide bonds. The summed E-state index contributed by atoms with van der Waals surface area (Å²) in [6.45, 7) is 1.81. The monoisotopic (exact) mass is 476 g/mol. The van der Waals surface area contributed by atoms with Crippen LogP contribution in [-0.4, -0.2) is 56.2 Å². The molecule has 0 bridgehead atoms. The summed E-state index contributed by atoms with van der Waals surface area (Å²) in [6, 6.07) is 9.44. The van der Waals surface area contributed by atoms with Gasteiger partial charge in [-0.1, -0.05) is 6.07 Å². The molecule has 2 aromatic carbocycles. The summed E-state index contributed by atoms with van der Waals surface area (Å²) in [5.74, 6) is 0.459. The Labute approximate surface area is 196 Å². The molecule has 8 nitrogen and oxygen atoms in total. The van der Waals surface area contributed by atoms with Crippen molar-refractivity contribution in [3.63, 3.8) is 0 Å². The predicted octanol–water partition coefficient (Wildman–Crippen LogP) is 3.96. The van der Waals surface area contributed by atoms with Crippen LogP contribution in [0.1, 0.15) is 19.4 Å². The van der Waals surface area contributed by atoms with Gasteiger partial charge in [0.1, 0.15) is 19.8 Å². The van der Waals surface area contributed by atoms with Gasteiger partial charge in [0, 0.05) is 24.4 Å². The zero-order valence-corrected chi connectivity index (χ0v) is 18.9. The lowest BCUT2D eigenvalue weighted by Gasteiger charge is -2.20. The summed E-state index contributed by atoms with van der Waals surface area (Å²) in [4.78, 5) is 26.5. The molecule has 3 rings (SSSR count). The van der Waals surface area contributed by atoms with Gasteiger partial charge in [-0.15, -0.1) is 0 Å². The summed E-state index contributed by atoms with van der Waals surface area (Å²) in [6.07, 6.45) is 2.82. The number of hydrogen-bond donors (Lipinski definition) is 1. The molecule has 0 saturated heterocycles. The van der Waals surface area contributed by atoms with Gasteiger partial charge < -0.3 is 29.2 Å². The predicted molar refractivity (Wildman–Crippen MR) is 122 cm³/mol. The number of hydrogen-bond acceptors (Lipinski definition) is 6. The molecule has 0 aliphatic carbocycles. The van der Waals surface area contributed by atoms with E-state index in [1.165, 1.54) is 35.3 Å². The number of nitrogens with one attached hydrogen (secondary N) is 1. The molecule has 0 spiro atoms. The van der Waals surface area contributed by atoms with E-state index in [2.05, 4.69) is 10.1 Å². The van der Waals surface area contributed by atoms with E-state index < -0.39 is 6.61 Å². The zero-order chi connectivity index (χ0) is 24.5. The van der Waals surface area contributed by atoms with Crippen LogP contribution in [0.3, 0.4) is 0 Å². The Morgan fingerprint density at radius 3 is 2.56 bits per heavy atom. The first-order valence-corrected chi connectivity index (χ1v) is 10.8. The maximum atomic E-state index is 12.6. The van der Waals surface area contributed by atoms with Gasteiger partial charge in [0.2, 0.25) is 11.8 Å². The van der Waals surface area contributed by atoms with Crippen LogP contribution >= 0.6 is 0 Å². The van der Waals surface area contributed by atoms with Crippen LogP contribution in [0.2, 0.25) is 0 Å². The number of nitrogens with zero attached hydrogens (tertiary/aromatic N) is 1. The van der Waals surface area contributed by atoms with E-state index in [4.69, 9.17) is 14.2 Å². The second kappa shape index (κ2) is 11.9. The van der Waals surface area contributed by atoms with Crippen molar-refractivity contribution in [1.82, 2.24) is 4.90 Å². The molecule has 182 valence electrons. The van der Waals surface area contributed by atoms with Crippen molar-refractivity contribution in [2.45, 2.75) is 20.5 Å². The smallest absolute Gasteiger partial charge is 0.387 e. The second-order valence-electron chi connectivity index (χ2n) is 7.11. The molecule has 34 heavy (non-hydrogen) atoms. The second-order valence-corrected chi connectivity index (χ2v) is 7.11. The summed E-state index contributed by atoms with van der Waals surface area (Å²) in [5, 5.41) is 2.74. The van der Waals surface area contributed by atoms with E-state index in [-0.39, 0.29) is 36.5 Å². The third kappa shape index (κ3) is 6.84. The first kappa shape index (κ1) is 24.8. The third-order valence-electron chi connectivity index (χ3n) is 4.76. The number of fused-ring (bicyclic) bond motifs is 1. The van der Waals surface area contributed by atoms with Crippen LogP contribution in [0, 0.1) is 0 Å². The largest absolute Gasteiger partial charge is 0.490 e. The van der Waals surface area contributed by atoms with Crippen molar-refractivity contribution in [2.24, 2.45) is 0 Å². The Morgan fingerprint density at radius 1 is 1.09 bits per heavy atom. The molecule has 0 fully saturated rings. The summed E-state index contributed by atoms with van der Waals surface area (Å²) >= 11 is 0. The van der Waals surface area contributed by atoms with E-state index in [1.807, 2.05) is 0 Å². The highest BCUT2D eigenvalue weighted by Gasteiger charge is 2.16. The number of benzene rings is 2. The molecule has 0 aromatic heterocycles. The van der Waals surface area contributed by atoms with Crippen molar-refractivity contribution in [3.05, 3.63) is 48.0 Å². The van der Waals surface area contributed by atoms with Gasteiger partial charge in [-0.2, -0.15) is 8.78 Å². The summed E-state index contributed by atoms with van der Waals surface area (Å²) in [5.41, 5.74) is 1.08. The minimum absolute atomic E-state index is 0.0914. The van der Waals surface area contributed by atoms with Gasteiger partial charge in [-0.05, 0) is 49.8 Å². The van der Waals surface area contributed by atoms with Crippen LogP contribution in [-0.2, 0) is 9.59 Å². The van der Waals surface area contributed by atoms with Gasteiger partial charge in [0.25, 0.3) is 0 Å². The standard InChI is InChI=1S/C24H26F2N2O6/c1-3-28(15-22(29)27-17-7-9-18-21(14-17)33-12-11-32-18)23(30)10-6-16-5-8-19(34-24(25)26)20(13-16)31-4-2/h5-10,13-14,24H,3-4,11-12,15H2,1-2H3,(H,27,29)/b10-6+. The van der Waals surface area contributed by atoms with Gasteiger partial charge in [0.05, 0.1) is 6.61 Å². The molecule has 0 atom stereocenters. The molecular formula is C24H26F2N2O6. The van der Waals surface area contributed by atoms with E-state index in [9.17, 15) is 18.4 Å². The van der Waals surface area contributed by atoms with E-state index in [0.29, 0.717) is 42.5 Å². The minimum Gasteiger partial charge on any atom is -0.490 e. The number of carbonyl (C=O) groups excluding carboxylic acids is 2. The van der Waals surface area contributed by atoms with Crippen LogP contribution in [0.25, 0.3) is 6.08 Å². The number of carbonyl (C=O) groups is 2. The lowest BCUT2D eigenvalue weighted by atomic mass is 10.2. The molecule has 1 aliphatic heterocycles. The third-order valence-corrected chi connectivity index (χ3v) is 4.76. The molecule has 0 saturated carbocycles. The van der Waals surface area contributed by atoms with Crippen molar-refractivity contribution in [3.8, 4) is 23.0 Å². The van der Waals surface area contributed by atoms with E-state index >= 15 is 0 Å². The number of rotatable bonds is 10. The summed E-state index contributed by atoms with van der Waals surface area (Å²) < 4.78 is 45.9. The Bertz CT molecular complexity index is 1040. The fourth-order valence-electron chi connectivity index (χ4n) is 3.20. The molecule has 10 heteroatoms. The molecule has 2 aromatic rings. The number of alkyl halides is 2. The SMILES string of the molecule is CCOc1cc(/C=C/C(=O)N(CC)CC(=O)Nc2ccc3c(c2)OCCO3)ccc1OC(F)F. The molecule has 1 aliphatic rings. The number of anilines is 1. The van der Waals surface area contributed by atoms with Gasteiger partial charge in [-0.3, -0.25) is 9.59 Å². The Kier molecular flexibility index (Phi) is 8.66. The highest BCUT2D eigenvalue weighted by molar-refractivity contribution is 5.98. The van der Waals surface area contributed by atoms with Crippen molar-refractivity contribution < 1.29 is 37.3 Å². The number of halogens is 2. The van der Waals surface area contributed by atoms with Crippen LogP contribution in [0.15, 0.2) is 42.5 Å². The Balaban J connectivity index is 1.61. The number of amides is 2. The molecule has 0 radical (unpaired) electrons. The zero-order valence-electron chi connectivity index (χ0n) is 18.9. The highest BCUT2D eigenvalue weighted by Crippen LogP contribution is 2.32. The highest BCUT2D eigenvalue weighted by atomic mass is 19.3. The average Bonchev–Trinajstić information content (AvgIpc) is 2.82. The topological polar surface area (TPSA) is 86.3 Å². The maximum Gasteiger partial charge on any atom is 0.387 e. The summed E-state index contributed by atoms with van der Waals surface area (Å²) in [7, 11) is 0. The van der Waals surface area contributed by atoms with E-state index in [0.717, 1.165) is 0 Å². The normalized spacial score (nSPS) is 12.5. The molecular weight excluding hydrogens is 450 g/mol. The van der Waals surface area contributed by atoms with Crippen LogP contribution in [0.4, 0.5) is 14.5 Å². The first-order valence-electron chi connectivity index (χ1n) is 10.8. The number of likely N-dealkylation sites (N-methyl/N-ethyl adjacent to an activating group) is 1. The lowest BCUT2D eigenvalue weighted by molar-refractivity contribution is -0.130. The fourth-order valence-corrected chi connectivity index (χ4v) is 3.20. The minimum atomic E-state index is -2.98. The van der Waals surface area contributed by atoms with Crippen LogP contribution < -0.4 is 24.3 Å². The van der Waals surface area contributed by atoms with Gasteiger partial charge in [-0.25, -0.2) is 0 Å². The Morgan fingerprint density at radius 2 is 1.85 bits per heavy atom. The van der Waals surface area contributed by atoms with Crippen molar-refractivity contribution in [1.29, 1.82) is 0 Å². The first-order chi connectivity index (χ1) is 16.4. The number of ether oxygens (including phenoxy) is 4. The average molecular weight is 476 g/mol. The van der Waals surface area contributed by atoms with E-state index in [1.54, 1.807) is 32.0 Å². The lowest BCUT2D eigenvalue weighted by Crippen LogP contribution is -2.36.